The van der Waals surface area contributed by atoms with Gasteiger partial charge in [-0.2, -0.15) is 0 Å². The normalized spacial score (nSPS) is 18.6. The summed E-state index contributed by atoms with van der Waals surface area (Å²) >= 11 is 6.21. The van der Waals surface area contributed by atoms with E-state index in [-0.39, 0.29) is 0 Å². The first-order valence-electron chi connectivity index (χ1n) is 5.48. The van der Waals surface area contributed by atoms with Crippen molar-refractivity contribution in [3.05, 3.63) is 28.8 Å². The van der Waals surface area contributed by atoms with Crippen LogP contribution >= 0.6 is 11.6 Å². The Morgan fingerprint density at radius 2 is 2.06 bits per heavy atom. The van der Waals surface area contributed by atoms with Crippen molar-refractivity contribution in [2.24, 2.45) is 0 Å². The molecule has 0 aromatic heterocycles. The zero-order chi connectivity index (χ0) is 11.5. The zero-order valence-electron chi connectivity index (χ0n) is 9.32. The van der Waals surface area contributed by atoms with E-state index in [0.717, 1.165) is 37.6 Å². The van der Waals surface area contributed by atoms with Gasteiger partial charge < -0.3 is 14.7 Å². The number of hydrogen-bond donors (Lipinski definition) is 1. The van der Waals surface area contributed by atoms with Crippen LogP contribution in [-0.4, -0.2) is 31.4 Å². The van der Waals surface area contributed by atoms with Gasteiger partial charge in [0.1, 0.15) is 0 Å². The highest BCUT2D eigenvalue weighted by Gasteiger charge is 2.14. The number of benzene rings is 1. The molecule has 0 amide bonds. The van der Waals surface area contributed by atoms with Gasteiger partial charge in [-0.3, -0.25) is 0 Å². The average Bonchev–Trinajstić information content (AvgIpc) is 2.30. The minimum absolute atomic E-state index is 0.476. The molecule has 0 aliphatic carbocycles. The maximum absolute atomic E-state index is 9.46. The van der Waals surface area contributed by atoms with Gasteiger partial charge >= 0.3 is 0 Å². The molecule has 1 aromatic carbocycles. The Morgan fingerprint density at radius 1 is 1.38 bits per heavy atom. The molecule has 3 nitrogen and oxygen atoms in total. The number of ether oxygens (including phenoxy) is 1. The third-order valence-corrected chi connectivity index (χ3v) is 3.11. The van der Waals surface area contributed by atoms with Crippen LogP contribution in [0.25, 0.3) is 0 Å². The van der Waals surface area contributed by atoms with Crippen LogP contribution in [0.1, 0.15) is 18.6 Å². The molecule has 1 heterocycles. The van der Waals surface area contributed by atoms with Crippen LogP contribution in [-0.2, 0) is 4.74 Å². The third-order valence-electron chi connectivity index (χ3n) is 2.81. The smallest absolute Gasteiger partial charge is 0.0762 e. The number of aliphatic hydroxyl groups excluding tert-OH is 1. The maximum Gasteiger partial charge on any atom is 0.0762 e. The van der Waals surface area contributed by atoms with Gasteiger partial charge in [-0.05, 0) is 24.6 Å². The van der Waals surface area contributed by atoms with Gasteiger partial charge in [0.2, 0.25) is 0 Å². The fourth-order valence-corrected chi connectivity index (χ4v) is 2.15. The number of morpholine rings is 1. The minimum atomic E-state index is -0.476. The van der Waals surface area contributed by atoms with Crippen molar-refractivity contribution in [3.63, 3.8) is 0 Å². The zero-order valence-corrected chi connectivity index (χ0v) is 10.1. The topological polar surface area (TPSA) is 32.7 Å². The highest BCUT2D eigenvalue weighted by Crippen LogP contribution is 2.29. The van der Waals surface area contributed by atoms with E-state index >= 15 is 0 Å². The van der Waals surface area contributed by atoms with E-state index in [9.17, 15) is 5.11 Å². The van der Waals surface area contributed by atoms with Gasteiger partial charge in [0, 0.05) is 13.1 Å². The number of nitrogens with zero attached hydrogens (tertiary/aromatic N) is 1. The molecule has 1 unspecified atom stereocenters. The van der Waals surface area contributed by atoms with E-state index in [1.807, 2.05) is 18.2 Å². The fraction of sp³-hybridized carbons (Fsp3) is 0.500. The molecule has 16 heavy (non-hydrogen) atoms. The van der Waals surface area contributed by atoms with E-state index in [2.05, 4.69) is 4.90 Å². The summed E-state index contributed by atoms with van der Waals surface area (Å²) in [6.45, 7) is 4.96. The second-order valence-corrected chi connectivity index (χ2v) is 4.39. The molecule has 0 bridgehead atoms. The van der Waals surface area contributed by atoms with E-state index in [4.69, 9.17) is 16.3 Å². The van der Waals surface area contributed by atoms with Gasteiger partial charge in [-0.1, -0.05) is 17.7 Å². The Balaban J connectivity index is 2.21. The Morgan fingerprint density at radius 3 is 2.62 bits per heavy atom. The lowest BCUT2D eigenvalue weighted by Crippen LogP contribution is -2.36. The third kappa shape index (κ3) is 2.48. The minimum Gasteiger partial charge on any atom is -0.389 e. The SMILES string of the molecule is CC(O)c1ccc(N2CCOCC2)c(Cl)c1. The van der Waals surface area contributed by atoms with Crippen LogP contribution in [0.15, 0.2) is 18.2 Å². The largest absolute Gasteiger partial charge is 0.389 e. The molecule has 0 radical (unpaired) electrons. The van der Waals surface area contributed by atoms with Crippen LogP contribution in [0.5, 0.6) is 0 Å². The predicted octanol–water partition coefficient (Wildman–Crippen LogP) is 2.23. The number of halogens is 1. The molecule has 1 N–H and O–H groups in total. The van der Waals surface area contributed by atoms with E-state index in [1.54, 1.807) is 6.92 Å². The summed E-state index contributed by atoms with van der Waals surface area (Å²) in [5.41, 5.74) is 1.87. The van der Waals surface area contributed by atoms with Crippen molar-refractivity contribution >= 4 is 17.3 Å². The Kier molecular flexibility index (Phi) is 3.69. The molecule has 1 saturated heterocycles. The predicted molar refractivity (Wildman–Crippen MR) is 65.1 cm³/mol. The molecule has 0 spiro atoms. The van der Waals surface area contributed by atoms with E-state index in [1.165, 1.54) is 0 Å². The van der Waals surface area contributed by atoms with Crippen LogP contribution in [0.3, 0.4) is 0 Å². The van der Waals surface area contributed by atoms with Gasteiger partial charge in [0.05, 0.1) is 30.0 Å². The molecule has 1 atom stereocenters. The van der Waals surface area contributed by atoms with Crippen molar-refractivity contribution in [3.8, 4) is 0 Å². The highest BCUT2D eigenvalue weighted by atomic mass is 35.5. The quantitative estimate of drug-likeness (QED) is 0.862. The lowest BCUT2D eigenvalue weighted by atomic mass is 10.1. The Hall–Kier alpha value is -0.770. The van der Waals surface area contributed by atoms with Crippen molar-refractivity contribution in [1.29, 1.82) is 0 Å². The highest BCUT2D eigenvalue weighted by molar-refractivity contribution is 6.33. The monoisotopic (exact) mass is 241 g/mol. The van der Waals surface area contributed by atoms with E-state index in [0.29, 0.717) is 5.02 Å². The summed E-state index contributed by atoms with van der Waals surface area (Å²) in [5, 5.41) is 10.2. The lowest BCUT2D eigenvalue weighted by Gasteiger charge is -2.29. The number of rotatable bonds is 2. The van der Waals surface area contributed by atoms with Crippen LogP contribution in [0, 0.1) is 0 Å². The Labute approximate surface area is 101 Å². The van der Waals surface area contributed by atoms with Gasteiger partial charge in [0.25, 0.3) is 0 Å². The summed E-state index contributed by atoms with van der Waals surface area (Å²) < 4.78 is 5.30. The van der Waals surface area contributed by atoms with Crippen molar-refractivity contribution in [2.45, 2.75) is 13.0 Å². The second-order valence-electron chi connectivity index (χ2n) is 3.99. The number of anilines is 1. The van der Waals surface area contributed by atoms with Crippen LogP contribution in [0.2, 0.25) is 5.02 Å². The van der Waals surface area contributed by atoms with Gasteiger partial charge in [-0.25, -0.2) is 0 Å². The first-order chi connectivity index (χ1) is 7.68. The summed E-state index contributed by atoms with van der Waals surface area (Å²) in [6, 6.07) is 5.72. The van der Waals surface area contributed by atoms with Gasteiger partial charge in [0.15, 0.2) is 0 Å². The van der Waals surface area contributed by atoms with Crippen molar-refractivity contribution < 1.29 is 9.84 Å². The maximum atomic E-state index is 9.46. The van der Waals surface area contributed by atoms with Crippen LogP contribution < -0.4 is 4.90 Å². The molecule has 1 aromatic rings. The standard InChI is InChI=1S/C12H16ClNO2/c1-9(15)10-2-3-12(11(13)8-10)14-4-6-16-7-5-14/h2-3,8-9,15H,4-7H2,1H3. The molecule has 1 aliphatic rings. The summed E-state index contributed by atoms with van der Waals surface area (Å²) in [7, 11) is 0. The average molecular weight is 242 g/mol. The Bertz CT molecular complexity index is 362. The molecule has 88 valence electrons. The van der Waals surface area contributed by atoms with Crippen molar-refractivity contribution in [1.82, 2.24) is 0 Å². The van der Waals surface area contributed by atoms with E-state index < -0.39 is 6.10 Å². The second kappa shape index (κ2) is 5.04. The molecular weight excluding hydrogens is 226 g/mol. The first-order valence-corrected chi connectivity index (χ1v) is 5.86. The van der Waals surface area contributed by atoms with Gasteiger partial charge in [-0.15, -0.1) is 0 Å². The molecule has 1 fully saturated rings. The van der Waals surface area contributed by atoms with Crippen LogP contribution in [0.4, 0.5) is 5.69 Å². The first kappa shape index (κ1) is 11.7. The summed E-state index contributed by atoms with van der Waals surface area (Å²) in [6.07, 6.45) is -0.476. The summed E-state index contributed by atoms with van der Waals surface area (Å²) in [5.74, 6) is 0. The summed E-state index contributed by atoms with van der Waals surface area (Å²) in [4.78, 5) is 2.21. The molecule has 0 saturated carbocycles. The number of aliphatic hydroxyl groups is 1. The number of hydrogen-bond acceptors (Lipinski definition) is 3. The molecular formula is C12H16ClNO2. The molecule has 1 aliphatic heterocycles. The molecule has 4 heteroatoms. The van der Waals surface area contributed by atoms with Crippen molar-refractivity contribution in [2.75, 3.05) is 31.2 Å². The fourth-order valence-electron chi connectivity index (χ4n) is 1.84. The lowest BCUT2D eigenvalue weighted by molar-refractivity contribution is 0.122. The molecule has 2 rings (SSSR count).